The summed E-state index contributed by atoms with van der Waals surface area (Å²) in [5, 5.41) is 2.68. The average molecular weight is 299 g/mol. The zero-order valence-corrected chi connectivity index (χ0v) is 12.4. The SMILES string of the molecule is COC(=O)[C@@H](NC(=O)c1ccccc1OC)c1ccccc1. The van der Waals surface area contributed by atoms with Crippen molar-refractivity contribution in [3.63, 3.8) is 0 Å². The molecule has 0 unspecified atom stereocenters. The first-order valence-corrected chi connectivity index (χ1v) is 6.74. The highest BCUT2D eigenvalue weighted by molar-refractivity contribution is 5.99. The van der Waals surface area contributed by atoms with Gasteiger partial charge in [0.2, 0.25) is 0 Å². The summed E-state index contributed by atoms with van der Waals surface area (Å²) < 4.78 is 9.94. The lowest BCUT2D eigenvalue weighted by Crippen LogP contribution is -2.34. The van der Waals surface area contributed by atoms with E-state index in [-0.39, 0.29) is 0 Å². The van der Waals surface area contributed by atoms with E-state index >= 15 is 0 Å². The molecule has 2 aromatic rings. The summed E-state index contributed by atoms with van der Waals surface area (Å²) in [6.45, 7) is 0. The van der Waals surface area contributed by atoms with Crippen molar-refractivity contribution in [1.82, 2.24) is 5.32 Å². The van der Waals surface area contributed by atoms with Crippen molar-refractivity contribution in [3.05, 3.63) is 65.7 Å². The number of ether oxygens (including phenoxy) is 2. The first-order chi connectivity index (χ1) is 10.7. The number of carbonyl (C=O) groups is 2. The van der Waals surface area contributed by atoms with Gasteiger partial charge in [-0.1, -0.05) is 42.5 Å². The van der Waals surface area contributed by atoms with E-state index in [2.05, 4.69) is 5.32 Å². The van der Waals surface area contributed by atoms with E-state index < -0.39 is 17.9 Å². The molecule has 0 fully saturated rings. The zero-order valence-electron chi connectivity index (χ0n) is 12.4. The van der Waals surface area contributed by atoms with Crippen molar-refractivity contribution in [2.75, 3.05) is 14.2 Å². The van der Waals surface area contributed by atoms with E-state index in [1.54, 1.807) is 48.5 Å². The molecule has 0 heterocycles. The molecule has 1 atom stereocenters. The molecule has 0 radical (unpaired) electrons. The normalized spacial score (nSPS) is 11.4. The van der Waals surface area contributed by atoms with Gasteiger partial charge in [-0.25, -0.2) is 4.79 Å². The second-order valence-corrected chi connectivity index (χ2v) is 4.54. The highest BCUT2D eigenvalue weighted by Gasteiger charge is 2.25. The van der Waals surface area contributed by atoms with Gasteiger partial charge in [-0.2, -0.15) is 0 Å². The van der Waals surface area contributed by atoms with E-state index in [1.807, 2.05) is 6.07 Å². The van der Waals surface area contributed by atoms with Crippen LogP contribution in [0.25, 0.3) is 0 Å². The van der Waals surface area contributed by atoms with Crippen LogP contribution in [0, 0.1) is 0 Å². The molecule has 0 aliphatic rings. The number of para-hydroxylation sites is 1. The second kappa shape index (κ2) is 7.26. The number of rotatable bonds is 5. The lowest BCUT2D eigenvalue weighted by atomic mass is 10.1. The number of benzene rings is 2. The maximum absolute atomic E-state index is 12.4. The van der Waals surface area contributed by atoms with Gasteiger partial charge in [0.25, 0.3) is 5.91 Å². The van der Waals surface area contributed by atoms with Gasteiger partial charge in [0.15, 0.2) is 6.04 Å². The Morgan fingerprint density at radius 1 is 0.955 bits per heavy atom. The molecule has 22 heavy (non-hydrogen) atoms. The minimum atomic E-state index is -0.872. The molecule has 2 rings (SSSR count). The number of esters is 1. The quantitative estimate of drug-likeness (QED) is 0.861. The van der Waals surface area contributed by atoms with Crippen LogP contribution in [-0.2, 0) is 9.53 Å². The molecular weight excluding hydrogens is 282 g/mol. The van der Waals surface area contributed by atoms with Crippen LogP contribution in [0.4, 0.5) is 0 Å². The first-order valence-electron chi connectivity index (χ1n) is 6.74. The number of carbonyl (C=O) groups excluding carboxylic acids is 2. The maximum Gasteiger partial charge on any atom is 0.333 e. The van der Waals surface area contributed by atoms with Crippen LogP contribution >= 0.6 is 0 Å². The summed E-state index contributed by atoms with van der Waals surface area (Å²) in [6, 6.07) is 14.9. The van der Waals surface area contributed by atoms with Gasteiger partial charge >= 0.3 is 5.97 Å². The molecule has 5 heteroatoms. The van der Waals surface area contributed by atoms with Crippen LogP contribution in [0.3, 0.4) is 0 Å². The summed E-state index contributed by atoms with van der Waals surface area (Å²) in [7, 11) is 2.77. The van der Waals surface area contributed by atoms with Crippen molar-refractivity contribution >= 4 is 11.9 Å². The van der Waals surface area contributed by atoms with E-state index in [1.165, 1.54) is 14.2 Å². The minimum absolute atomic E-state index is 0.356. The molecule has 1 amide bonds. The zero-order chi connectivity index (χ0) is 15.9. The van der Waals surface area contributed by atoms with Crippen LogP contribution in [0.5, 0.6) is 5.75 Å². The maximum atomic E-state index is 12.4. The van der Waals surface area contributed by atoms with Crippen LogP contribution < -0.4 is 10.1 Å². The van der Waals surface area contributed by atoms with Gasteiger partial charge < -0.3 is 14.8 Å². The second-order valence-electron chi connectivity index (χ2n) is 4.54. The lowest BCUT2D eigenvalue weighted by molar-refractivity contribution is -0.143. The summed E-state index contributed by atoms with van der Waals surface area (Å²) in [4.78, 5) is 24.4. The third-order valence-electron chi connectivity index (χ3n) is 3.20. The number of amides is 1. The Hall–Kier alpha value is -2.82. The molecule has 0 aliphatic carbocycles. The predicted octanol–water partition coefficient (Wildman–Crippen LogP) is 2.34. The molecule has 5 nitrogen and oxygen atoms in total. The van der Waals surface area contributed by atoms with E-state index in [4.69, 9.17) is 9.47 Å². The Morgan fingerprint density at radius 2 is 1.59 bits per heavy atom. The summed E-state index contributed by atoms with van der Waals surface area (Å²) in [5.74, 6) is -0.497. The van der Waals surface area contributed by atoms with Crippen molar-refractivity contribution in [1.29, 1.82) is 0 Å². The summed E-state index contributed by atoms with van der Waals surface area (Å²) >= 11 is 0. The monoisotopic (exact) mass is 299 g/mol. The predicted molar refractivity (Wildman–Crippen MR) is 81.7 cm³/mol. The topological polar surface area (TPSA) is 64.6 Å². The fourth-order valence-corrected chi connectivity index (χ4v) is 2.08. The van der Waals surface area contributed by atoms with Crippen molar-refractivity contribution in [2.45, 2.75) is 6.04 Å². The molecule has 114 valence electrons. The molecule has 0 aromatic heterocycles. The third-order valence-corrected chi connectivity index (χ3v) is 3.20. The Balaban J connectivity index is 2.27. The van der Waals surface area contributed by atoms with E-state index in [9.17, 15) is 9.59 Å². The van der Waals surface area contributed by atoms with Crippen LogP contribution in [0.1, 0.15) is 22.0 Å². The molecule has 0 spiro atoms. The third kappa shape index (κ3) is 3.44. The van der Waals surface area contributed by atoms with Crippen molar-refractivity contribution in [3.8, 4) is 5.75 Å². The fraction of sp³-hybridized carbons (Fsp3) is 0.176. The molecular formula is C17H17NO4. The smallest absolute Gasteiger partial charge is 0.333 e. The minimum Gasteiger partial charge on any atom is -0.496 e. The van der Waals surface area contributed by atoms with Gasteiger partial charge in [-0.15, -0.1) is 0 Å². The number of methoxy groups -OCH3 is 2. The standard InChI is InChI=1S/C17H17NO4/c1-21-14-11-7-6-10-13(14)16(19)18-15(17(20)22-2)12-8-4-3-5-9-12/h3-11,15H,1-2H3,(H,18,19)/t15-/m0/s1. The highest BCUT2D eigenvalue weighted by Crippen LogP contribution is 2.20. The molecule has 0 saturated heterocycles. The molecule has 0 bridgehead atoms. The fourth-order valence-electron chi connectivity index (χ4n) is 2.08. The Morgan fingerprint density at radius 3 is 2.23 bits per heavy atom. The molecule has 0 saturated carbocycles. The number of hydrogen-bond donors (Lipinski definition) is 1. The van der Waals surface area contributed by atoms with Crippen LogP contribution in [0.2, 0.25) is 0 Å². The van der Waals surface area contributed by atoms with Gasteiger partial charge in [0.1, 0.15) is 5.75 Å². The number of nitrogens with one attached hydrogen (secondary N) is 1. The highest BCUT2D eigenvalue weighted by atomic mass is 16.5. The van der Waals surface area contributed by atoms with Gasteiger partial charge in [-0.05, 0) is 17.7 Å². The largest absolute Gasteiger partial charge is 0.496 e. The Labute approximate surface area is 128 Å². The number of hydrogen-bond acceptors (Lipinski definition) is 4. The van der Waals surface area contributed by atoms with Crippen LogP contribution in [-0.4, -0.2) is 26.1 Å². The summed E-state index contributed by atoms with van der Waals surface area (Å²) in [6.07, 6.45) is 0. The van der Waals surface area contributed by atoms with Gasteiger partial charge in [-0.3, -0.25) is 4.79 Å². The lowest BCUT2D eigenvalue weighted by Gasteiger charge is -2.17. The first kappa shape index (κ1) is 15.6. The average Bonchev–Trinajstić information content (AvgIpc) is 2.59. The van der Waals surface area contributed by atoms with Crippen molar-refractivity contribution in [2.24, 2.45) is 0 Å². The Bertz CT molecular complexity index is 655. The van der Waals surface area contributed by atoms with Crippen molar-refractivity contribution < 1.29 is 19.1 Å². The summed E-state index contributed by atoms with van der Waals surface area (Å²) in [5.41, 5.74) is 1.01. The van der Waals surface area contributed by atoms with Gasteiger partial charge in [0.05, 0.1) is 19.8 Å². The Kier molecular flexibility index (Phi) is 5.14. The van der Waals surface area contributed by atoms with E-state index in [0.29, 0.717) is 16.9 Å². The molecule has 2 aromatic carbocycles. The molecule has 1 N–H and O–H groups in total. The van der Waals surface area contributed by atoms with Gasteiger partial charge in [0, 0.05) is 0 Å². The molecule has 0 aliphatic heterocycles. The van der Waals surface area contributed by atoms with Crippen LogP contribution in [0.15, 0.2) is 54.6 Å². The van der Waals surface area contributed by atoms with E-state index in [0.717, 1.165) is 0 Å².